The Morgan fingerprint density at radius 2 is 1.60 bits per heavy atom. The first-order valence-electron chi connectivity index (χ1n) is 9.12. The Kier molecular flexibility index (Phi) is 8.03. The van der Waals surface area contributed by atoms with E-state index in [1.807, 2.05) is 0 Å². The Morgan fingerprint density at radius 1 is 1.00 bits per heavy atom. The van der Waals surface area contributed by atoms with Crippen molar-refractivity contribution in [3.63, 3.8) is 0 Å². The summed E-state index contributed by atoms with van der Waals surface area (Å²) in [6.07, 6.45) is 1.02. The Bertz CT molecular complexity index is 1100. The van der Waals surface area contributed by atoms with Gasteiger partial charge in [-0.2, -0.15) is 4.31 Å². The summed E-state index contributed by atoms with van der Waals surface area (Å²) in [6.45, 7) is 3.81. The molecule has 2 aromatic carbocycles. The van der Waals surface area contributed by atoms with Crippen molar-refractivity contribution in [1.82, 2.24) is 4.31 Å². The second kappa shape index (κ2) is 9.90. The number of rotatable bonds is 9. The van der Waals surface area contributed by atoms with E-state index in [4.69, 9.17) is 0 Å². The average molecular weight is 518 g/mol. The minimum Gasteiger partial charge on any atom is -0.325 e. The zero-order valence-electron chi connectivity index (χ0n) is 16.9. The largest absolute Gasteiger partial charge is 0.325 e. The number of nitrogens with one attached hydrogen (secondary N) is 1. The molecule has 0 fully saturated rings. The van der Waals surface area contributed by atoms with Crippen LogP contribution < -0.4 is 9.62 Å². The summed E-state index contributed by atoms with van der Waals surface area (Å²) < 4.78 is 52.4. The summed E-state index contributed by atoms with van der Waals surface area (Å²) in [5, 5.41) is 2.60. The molecule has 0 aliphatic carbocycles. The van der Waals surface area contributed by atoms with Crippen molar-refractivity contribution in [2.75, 3.05) is 35.5 Å². The first kappa shape index (κ1) is 24.3. The standard InChI is InChI=1S/C19H24BrN3O5S2/c1-4-22(5-2)30(27,28)18-11-9-16(10-12-18)21-19(24)14-23(29(3,25)26)17-8-6-7-15(20)13-17/h6-13H,4-5,14H2,1-3H3,(H,21,24). The van der Waals surface area contributed by atoms with Crippen molar-refractivity contribution < 1.29 is 21.6 Å². The molecule has 1 N–H and O–H groups in total. The van der Waals surface area contributed by atoms with E-state index in [1.165, 1.54) is 28.6 Å². The molecule has 1 amide bonds. The van der Waals surface area contributed by atoms with Crippen LogP contribution in [-0.4, -0.2) is 52.9 Å². The van der Waals surface area contributed by atoms with Gasteiger partial charge in [-0.3, -0.25) is 9.10 Å². The molecule has 164 valence electrons. The number of anilines is 2. The molecular weight excluding hydrogens is 494 g/mol. The minimum atomic E-state index is -3.70. The molecule has 2 aromatic rings. The minimum absolute atomic E-state index is 0.121. The second-order valence-corrected chi connectivity index (χ2v) is 11.2. The van der Waals surface area contributed by atoms with Crippen molar-refractivity contribution in [2.45, 2.75) is 18.7 Å². The number of carbonyl (C=O) groups excluding carboxylic acids is 1. The van der Waals surface area contributed by atoms with Crippen molar-refractivity contribution in [3.8, 4) is 0 Å². The third-order valence-electron chi connectivity index (χ3n) is 4.26. The van der Waals surface area contributed by atoms with Gasteiger partial charge < -0.3 is 5.32 Å². The highest BCUT2D eigenvalue weighted by Gasteiger charge is 2.23. The lowest BCUT2D eigenvalue weighted by molar-refractivity contribution is -0.114. The fraction of sp³-hybridized carbons (Fsp3) is 0.316. The van der Waals surface area contributed by atoms with Gasteiger partial charge in [-0.15, -0.1) is 0 Å². The van der Waals surface area contributed by atoms with Gasteiger partial charge in [0.15, 0.2) is 0 Å². The molecule has 0 atom stereocenters. The molecule has 11 heteroatoms. The zero-order valence-corrected chi connectivity index (χ0v) is 20.1. The van der Waals surface area contributed by atoms with Crippen LogP contribution >= 0.6 is 15.9 Å². The van der Waals surface area contributed by atoms with Gasteiger partial charge in [0, 0.05) is 23.2 Å². The maximum absolute atomic E-state index is 12.5. The average Bonchev–Trinajstić information content (AvgIpc) is 2.66. The van der Waals surface area contributed by atoms with Crippen molar-refractivity contribution in [1.29, 1.82) is 0 Å². The summed E-state index contributed by atoms with van der Waals surface area (Å²) in [4.78, 5) is 12.6. The summed E-state index contributed by atoms with van der Waals surface area (Å²) in [7, 11) is -7.29. The molecule has 0 aliphatic rings. The molecular formula is C19H24BrN3O5S2. The Morgan fingerprint density at radius 3 is 2.10 bits per heavy atom. The van der Waals surface area contributed by atoms with Crippen molar-refractivity contribution >= 4 is 53.3 Å². The molecule has 0 saturated heterocycles. The maximum Gasteiger partial charge on any atom is 0.245 e. The SMILES string of the molecule is CCN(CC)S(=O)(=O)c1ccc(NC(=O)CN(c2cccc(Br)c2)S(C)(=O)=O)cc1. The van der Waals surface area contributed by atoms with E-state index in [-0.39, 0.29) is 4.90 Å². The molecule has 0 bridgehead atoms. The molecule has 0 heterocycles. The van der Waals surface area contributed by atoms with E-state index in [0.29, 0.717) is 28.9 Å². The number of halogens is 1. The van der Waals surface area contributed by atoms with Crippen molar-refractivity contribution in [2.24, 2.45) is 0 Å². The summed E-state index contributed by atoms with van der Waals surface area (Å²) in [6, 6.07) is 12.4. The predicted octanol–water partition coefficient (Wildman–Crippen LogP) is 2.88. The number of carbonyl (C=O) groups is 1. The summed E-state index contributed by atoms with van der Waals surface area (Å²) in [5.74, 6) is -0.556. The molecule has 0 radical (unpaired) electrons. The second-order valence-electron chi connectivity index (χ2n) is 6.41. The van der Waals surface area contributed by atoms with Crippen molar-refractivity contribution in [3.05, 3.63) is 53.0 Å². The van der Waals surface area contributed by atoms with Gasteiger partial charge in [0.25, 0.3) is 0 Å². The number of amides is 1. The molecule has 0 saturated carbocycles. The quantitative estimate of drug-likeness (QED) is 0.550. The molecule has 0 aliphatic heterocycles. The monoisotopic (exact) mass is 517 g/mol. The van der Waals surface area contributed by atoms with Crippen LogP contribution in [0.3, 0.4) is 0 Å². The number of nitrogens with zero attached hydrogens (tertiary/aromatic N) is 2. The smallest absolute Gasteiger partial charge is 0.245 e. The normalized spacial score (nSPS) is 12.0. The van der Waals surface area contributed by atoms with Crippen LogP contribution in [0.25, 0.3) is 0 Å². The first-order chi connectivity index (χ1) is 14.0. The van der Waals surface area contributed by atoms with Gasteiger partial charge in [-0.1, -0.05) is 35.8 Å². The van der Waals surface area contributed by atoms with E-state index in [2.05, 4.69) is 21.2 Å². The van der Waals surface area contributed by atoms with Crippen LogP contribution in [0, 0.1) is 0 Å². The number of hydrogen-bond donors (Lipinski definition) is 1. The van der Waals surface area contributed by atoms with Gasteiger partial charge in [-0.25, -0.2) is 16.8 Å². The highest BCUT2D eigenvalue weighted by atomic mass is 79.9. The molecule has 0 spiro atoms. The van der Waals surface area contributed by atoms with E-state index >= 15 is 0 Å². The summed E-state index contributed by atoms with van der Waals surface area (Å²) in [5.41, 5.74) is 0.712. The van der Waals surface area contributed by atoms with Crippen LogP contribution in [0.5, 0.6) is 0 Å². The predicted molar refractivity (Wildman–Crippen MR) is 122 cm³/mol. The van der Waals surface area contributed by atoms with Gasteiger partial charge in [0.05, 0.1) is 16.8 Å². The first-order valence-corrected chi connectivity index (χ1v) is 13.2. The van der Waals surface area contributed by atoms with Gasteiger partial charge in [0.1, 0.15) is 6.54 Å². The van der Waals surface area contributed by atoms with E-state index in [0.717, 1.165) is 10.6 Å². The molecule has 30 heavy (non-hydrogen) atoms. The van der Waals surface area contributed by atoms with Crippen LogP contribution in [-0.2, 0) is 24.8 Å². The highest BCUT2D eigenvalue weighted by molar-refractivity contribution is 9.10. The topological polar surface area (TPSA) is 104 Å². The number of sulfonamides is 2. The van der Waals surface area contributed by atoms with E-state index < -0.39 is 32.5 Å². The van der Waals surface area contributed by atoms with Crippen LogP contribution in [0.15, 0.2) is 57.9 Å². The zero-order chi connectivity index (χ0) is 22.5. The van der Waals surface area contributed by atoms with Crippen LogP contribution in [0.4, 0.5) is 11.4 Å². The lowest BCUT2D eigenvalue weighted by Crippen LogP contribution is -2.37. The highest BCUT2D eigenvalue weighted by Crippen LogP contribution is 2.22. The lowest BCUT2D eigenvalue weighted by Gasteiger charge is -2.22. The Labute approximate surface area is 186 Å². The van der Waals surface area contributed by atoms with E-state index in [9.17, 15) is 21.6 Å². The van der Waals surface area contributed by atoms with Gasteiger partial charge >= 0.3 is 0 Å². The summed E-state index contributed by atoms with van der Waals surface area (Å²) >= 11 is 3.29. The number of benzene rings is 2. The fourth-order valence-corrected chi connectivity index (χ4v) is 5.48. The van der Waals surface area contributed by atoms with Crippen LogP contribution in [0.2, 0.25) is 0 Å². The number of hydrogen-bond acceptors (Lipinski definition) is 5. The molecule has 0 unspecified atom stereocenters. The Hall–Kier alpha value is -1.95. The molecule has 0 aromatic heterocycles. The fourth-order valence-electron chi connectivity index (χ4n) is 2.79. The molecule has 2 rings (SSSR count). The van der Waals surface area contributed by atoms with Crippen LogP contribution in [0.1, 0.15) is 13.8 Å². The molecule has 8 nitrogen and oxygen atoms in total. The van der Waals surface area contributed by atoms with Gasteiger partial charge in [-0.05, 0) is 42.5 Å². The maximum atomic E-state index is 12.5. The Balaban J connectivity index is 2.17. The lowest BCUT2D eigenvalue weighted by atomic mass is 10.3. The van der Waals surface area contributed by atoms with E-state index in [1.54, 1.807) is 38.1 Å². The van der Waals surface area contributed by atoms with Gasteiger partial charge in [0.2, 0.25) is 26.0 Å². The third-order valence-corrected chi connectivity index (χ3v) is 7.96. The third kappa shape index (κ3) is 6.03.